The minimum Gasteiger partial charge on any atom is -0.508 e. The SMILES string of the molecule is CCc1cc(-c2ccc(O)c(N)c2)ccc1O. The van der Waals surface area contributed by atoms with Gasteiger partial charge in [-0.15, -0.1) is 0 Å². The van der Waals surface area contributed by atoms with E-state index in [4.69, 9.17) is 5.73 Å². The number of phenols is 2. The largest absolute Gasteiger partial charge is 0.508 e. The monoisotopic (exact) mass is 229 g/mol. The fourth-order valence-corrected chi connectivity index (χ4v) is 1.78. The van der Waals surface area contributed by atoms with Gasteiger partial charge in [-0.2, -0.15) is 0 Å². The van der Waals surface area contributed by atoms with E-state index in [1.54, 1.807) is 24.3 Å². The first-order chi connectivity index (χ1) is 8.11. The van der Waals surface area contributed by atoms with E-state index in [2.05, 4.69) is 0 Å². The minimum atomic E-state index is 0.0863. The van der Waals surface area contributed by atoms with Crippen LogP contribution in [0, 0.1) is 0 Å². The maximum Gasteiger partial charge on any atom is 0.138 e. The average molecular weight is 229 g/mol. The summed E-state index contributed by atoms with van der Waals surface area (Å²) in [5.41, 5.74) is 8.82. The summed E-state index contributed by atoms with van der Waals surface area (Å²) in [6.07, 6.45) is 0.771. The van der Waals surface area contributed by atoms with E-state index < -0.39 is 0 Å². The Kier molecular flexibility index (Phi) is 2.91. The minimum absolute atomic E-state index is 0.0863. The highest BCUT2D eigenvalue weighted by atomic mass is 16.3. The second-order valence-corrected chi connectivity index (χ2v) is 3.97. The molecule has 0 aliphatic rings. The van der Waals surface area contributed by atoms with Crippen molar-refractivity contribution >= 4 is 5.69 Å². The molecule has 0 heterocycles. The van der Waals surface area contributed by atoms with Crippen molar-refractivity contribution in [3.8, 4) is 22.6 Å². The highest BCUT2D eigenvalue weighted by molar-refractivity contribution is 5.71. The molecule has 0 spiro atoms. The van der Waals surface area contributed by atoms with Crippen LogP contribution in [0.15, 0.2) is 36.4 Å². The topological polar surface area (TPSA) is 66.5 Å². The average Bonchev–Trinajstić information content (AvgIpc) is 2.33. The molecule has 2 aromatic rings. The van der Waals surface area contributed by atoms with Crippen LogP contribution in [0.25, 0.3) is 11.1 Å². The van der Waals surface area contributed by atoms with E-state index in [0.717, 1.165) is 23.1 Å². The summed E-state index contributed by atoms with van der Waals surface area (Å²) in [4.78, 5) is 0. The third kappa shape index (κ3) is 2.18. The molecule has 0 aliphatic carbocycles. The van der Waals surface area contributed by atoms with Gasteiger partial charge in [-0.3, -0.25) is 0 Å². The number of aryl methyl sites for hydroxylation is 1. The van der Waals surface area contributed by atoms with Crippen molar-refractivity contribution in [2.75, 3.05) is 5.73 Å². The van der Waals surface area contributed by atoms with Gasteiger partial charge >= 0.3 is 0 Å². The lowest BCUT2D eigenvalue weighted by Crippen LogP contribution is -1.88. The van der Waals surface area contributed by atoms with Gasteiger partial charge in [0.25, 0.3) is 0 Å². The van der Waals surface area contributed by atoms with Crippen LogP contribution < -0.4 is 5.73 Å². The third-order valence-electron chi connectivity index (χ3n) is 2.82. The van der Waals surface area contributed by atoms with E-state index in [9.17, 15) is 10.2 Å². The van der Waals surface area contributed by atoms with Gasteiger partial charge < -0.3 is 15.9 Å². The van der Waals surface area contributed by atoms with Gasteiger partial charge in [0.2, 0.25) is 0 Å². The Balaban J connectivity index is 2.49. The molecule has 17 heavy (non-hydrogen) atoms. The molecule has 0 aliphatic heterocycles. The molecule has 88 valence electrons. The van der Waals surface area contributed by atoms with Crippen LogP contribution in [0.3, 0.4) is 0 Å². The molecule has 4 N–H and O–H groups in total. The number of rotatable bonds is 2. The number of hydrogen-bond donors (Lipinski definition) is 3. The predicted octanol–water partition coefficient (Wildman–Crippen LogP) is 2.91. The standard InChI is InChI=1S/C14H15NO2/c1-2-9-7-10(3-5-13(9)16)11-4-6-14(17)12(15)8-11/h3-8,16-17H,2,15H2,1H3. The number of benzene rings is 2. The summed E-state index contributed by atoms with van der Waals surface area (Å²) < 4.78 is 0. The second-order valence-electron chi connectivity index (χ2n) is 3.97. The molecule has 0 amide bonds. The zero-order chi connectivity index (χ0) is 12.4. The van der Waals surface area contributed by atoms with Crippen LogP contribution in [-0.2, 0) is 6.42 Å². The van der Waals surface area contributed by atoms with Crippen LogP contribution in [0.2, 0.25) is 0 Å². The van der Waals surface area contributed by atoms with E-state index in [1.807, 2.05) is 19.1 Å². The Labute approximate surface area is 100 Å². The number of anilines is 1. The molecule has 2 rings (SSSR count). The highest BCUT2D eigenvalue weighted by Crippen LogP contribution is 2.30. The number of aromatic hydroxyl groups is 2. The third-order valence-corrected chi connectivity index (χ3v) is 2.82. The summed E-state index contributed by atoms with van der Waals surface area (Å²) in [6, 6.07) is 10.5. The Hall–Kier alpha value is -2.16. The molecule has 0 radical (unpaired) electrons. The summed E-state index contributed by atoms with van der Waals surface area (Å²) in [5, 5.41) is 19.0. The van der Waals surface area contributed by atoms with Crippen LogP contribution in [0.5, 0.6) is 11.5 Å². The molecule has 0 aromatic heterocycles. The lowest BCUT2D eigenvalue weighted by Gasteiger charge is -2.08. The molecule has 2 aromatic carbocycles. The van der Waals surface area contributed by atoms with E-state index >= 15 is 0 Å². The fourth-order valence-electron chi connectivity index (χ4n) is 1.78. The van der Waals surface area contributed by atoms with Crippen LogP contribution in [0.1, 0.15) is 12.5 Å². The Morgan fingerprint density at radius 3 is 2.12 bits per heavy atom. The van der Waals surface area contributed by atoms with Crippen molar-refractivity contribution in [3.63, 3.8) is 0 Å². The molecule has 0 saturated carbocycles. The smallest absolute Gasteiger partial charge is 0.138 e. The number of nitrogens with two attached hydrogens (primary N) is 1. The second kappa shape index (κ2) is 4.37. The van der Waals surface area contributed by atoms with Crippen LogP contribution in [-0.4, -0.2) is 10.2 Å². The quantitative estimate of drug-likeness (QED) is 0.548. The van der Waals surface area contributed by atoms with Crippen molar-refractivity contribution in [2.45, 2.75) is 13.3 Å². The van der Waals surface area contributed by atoms with E-state index in [1.165, 1.54) is 0 Å². The summed E-state index contributed by atoms with van der Waals surface area (Å²) in [5.74, 6) is 0.395. The van der Waals surface area contributed by atoms with Crippen LogP contribution in [0.4, 0.5) is 5.69 Å². The maximum absolute atomic E-state index is 9.62. The van der Waals surface area contributed by atoms with E-state index in [0.29, 0.717) is 11.4 Å². The van der Waals surface area contributed by atoms with Gasteiger partial charge in [0.05, 0.1) is 5.69 Å². The molecule has 0 bridgehead atoms. The summed E-state index contributed by atoms with van der Waals surface area (Å²) in [6.45, 7) is 1.99. The number of phenolic OH excluding ortho intramolecular Hbond substituents is 2. The van der Waals surface area contributed by atoms with Gasteiger partial charge in [0.15, 0.2) is 0 Å². The molecule has 0 unspecified atom stereocenters. The molecular weight excluding hydrogens is 214 g/mol. The summed E-state index contributed by atoms with van der Waals surface area (Å²) in [7, 11) is 0. The van der Waals surface area contributed by atoms with Gasteiger partial charge in [0, 0.05) is 0 Å². The molecular formula is C14H15NO2. The zero-order valence-corrected chi connectivity index (χ0v) is 9.64. The first-order valence-corrected chi connectivity index (χ1v) is 5.52. The number of hydrogen-bond acceptors (Lipinski definition) is 3. The lowest BCUT2D eigenvalue weighted by molar-refractivity contribution is 0.469. The fraction of sp³-hybridized carbons (Fsp3) is 0.143. The van der Waals surface area contributed by atoms with Crippen molar-refractivity contribution in [1.29, 1.82) is 0 Å². The van der Waals surface area contributed by atoms with Crippen molar-refractivity contribution in [2.24, 2.45) is 0 Å². The molecule has 0 atom stereocenters. The Morgan fingerprint density at radius 2 is 1.53 bits per heavy atom. The van der Waals surface area contributed by atoms with Crippen LogP contribution >= 0.6 is 0 Å². The van der Waals surface area contributed by atoms with Crippen molar-refractivity contribution < 1.29 is 10.2 Å². The molecule has 3 heteroatoms. The zero-order valence-electron chi connectivity index (χ0n) is 9.64. The summed E-state index contributed by atoms with van der Waals surface area (Å²) >= 11 is 0. The number of nitrogen functional groups attached to an aromatic ring is 1. The van der Waals surface area contributed by atoms with Gasteiger partial charge in [-0.25, -0.2) is 0 Å². The molecule has 0 saturated heterocycles. The van der Waals surface area contributed by atoms with Gasteiger partial charge in [0.1, 0.15) is 11.5 Å². The lowest BCUT2D eigenvalue weighted by atomic mass is 10.0. The van der Waals surface area contributed by atoms with Crippen molar-refractivity contribution in [1.82, 2.24) is 0 Å². The first-order valence-electron chi connectivity index (χ1n) is 5.52. The Bertz CT molecular complexity index is 550. The Morgan fingerprint density at radius 1 is 0.941 bits per heavy atom. The van der Waals surface area contributed by atoms with Crippen molar-refractivity contribution in [3.05, 3.63) is 42.0 Å². The first kappa shape index (κ1) is 11.3. The highest BCUT2D eigenvalue weighted by Gasteiger charge is 2.05. The molecule has 3 nitrogen and oxygen atoms in total. The van der Waals surface area contributed by atoms with E-state index in [-0.39, 0.29) is 5.75 Å². The normalized spacial score (nSPS) is 10.4. The molecule has 0 fully saturated rings. The predicted molar refractivity (Wildman–Crippen MR) is 69.0 cm³/mol. The van der Waals surface area contributed by atoms with Gasteiger partial charge in [-0.05, 0) is 47.4 Å². The maximum atomic E-state index is 9.62. The van der Waals surface area contributed by atoms with Gasteiger partial charge in [-0.1, -0.05) is 19.1 Å².